The highest BCUT2D eigenvalue weighted by Gasteiger charge is 2.11. The summed E-state index contributed by atoms with van der Waals surface area (Å²) in [5.74, 6) is 0.706. The summed E-state index contributed by atoms with van der Waals surface area (Å²) in [7, 11) is 0. The molecule has 184 valence electrons. The molecule has 1 heteroatoms. The van der Waals surface area contributed by atoms with Gasteiger partial charge >= 0.3 is 0 Å². The van der Waals surface area contributed by atoms with Gasteiger partial charge in [0.1, 0.15) is 0 Å². The number of allylic oxidation sites excluding steroid dienone is 4. The largest absolute Gasteiger partial charge is 0.327 e. The van der Waals surface area contributed by atoms with E-state index in [1.54, 1.807) is 0 Å². The molecule has 0 rings (SSSR count). The first-order chi connectivity index (χ1) is 15.2. The number of hydrogen-bond acceptors (Lipinski definition) is 1. The Labute approximate surface area is 197 Å². The van der Waals surface area contributed by atoms with Crippen LogP contribution >= 0.6 is 0 Å². The Morgan fingerprint density at radius 2 is 0.935 bits per heavy atom. The molecule has 2 atom stereocenters. The van der Waals surface area contributed by atoms with Gasteiger partial charge in [0.25, 0.3) is 0 Å². The van der Waals surface area contributed by atoms with Gasteiger partial charge in [-0.05, 0) is 50.9 Å². The number of hydrogen-bond donors (Lipinski definition) is 1. The maximum Gasteiger partial charge on any atom is 0.00645 e. The smallest absolute Gasteiger partial charge is 0.00645 e. The van der Waals surface area contributed by atoms with E-state index in [1.165, 1.54) is 128 Å². The van der Waals surface area contributed by atoms with Gasteiger partial charge in [0.05, 0.1) is 0 Å². The molecule has 0 fully saturated rings. The lowest BCUT2D eigenvalue weighted by Crippen LogP contribution is -2.28. The maximum absolute atomic E-state index is 6.42. The lowest BCUT2D eigenvalue weighted by Gasteiger charge is -2.19. The Kier molecular flexibility index (Phi) is 25.2. The zero-order chi connectivity index (χ0) is 22.8. The van der Waals surface area contributed by atoms with E-state index in [0.717, 1.165) is 6.42 Å². The van der Waals surface area contributed by atoms with Crippen LogP contribution in [-0.4, -0.2) is 6.04 Å². The van der Waals surface area contributed by atoms with Crippen LogP contribution in [0.2, 0.25) is 0 Å². The molecule has 0 aromatic heterocycles. The van der Waals surface area contributed by atoms with E-state index in [4.69, 9.17) is 5.73 Å². The van der Waals surface area contributed by atoms with Gasteiger partial charge in [0.2, 0.25) is 0 Å². The molecule has 0 heterocycles. The van der Waals surface area contributed by atoms with Gasteiger partial charge in [-0.25, -0.2) is 0 Å². The van der Waals surface area contributed by atoms with Crippen molar-refractivity contribution in [1.29, 1.82) is 0 Å². The average molecular weight is 434 g/mol. The monoisotopic (exact) mass is 433 g/mol. The third kappa shape index (κ3) is 23.9. The first kappa shape index (κ1) is 30.4. The van der Waals surface area contributed by atoms with E-state index in [9.17, 15) is 0 Å². The molecule has 0 amide bonds. The second-order valence-electron chi connectivity index (χ2n) is 9.92. The lowest BCUT2D eigenvalue weighted by molar-refractivity contribution is 0.377. The van der Waals surface area contributed by atoms with Crippen LogP contribution in [0.5, 0.6) is 0 Å². The normalized spacial score (nSPS) is 14.1. The van der Waals surface area contributed by atoms with Gasteiger partial charge in [0, 0.05) is 6.04 Å². The molecule has 0 aliphatic carbocycles. The van der Waals surface area contributed by atoms with Crippen LogP contribution in [-0.2, 0) is 0 Å². The predicted molar refractivity (Wildman–Crippen MR) is 144 cm³/mol. The lowest BCUT2D eigenvalue weighted by atomic mass is 9.91. The first-order valence-corrected chi connectivity index (χ1v) is 14.3. The van der Waals surface area contributed by atoms with Crippen molar-refractivity contribution >= 4 is 0 Å². The second-order valence-corrected chi connectivity index (χ2v) is 9.92. The molecule has 0 aromatic carbocycles. The van der Waals surface area contributed by atoms with E-state index in [-0.39, 0.29) is 0 Å². The van der Waals surface area contributed by atoms with E-state index in [1.807, 2.05) is 0 Å². The molecule has 31 heavy (non-hydrogen) atoms. The molecule has 1 nitrogen and oxygen atoms in total. The predicted octanol–water partition coefficient (Wildman–Crippen LogP) is 10.3. The van der Waals surface area contributed by atoms with Crippen LogP contribution in [0.4, 0.5) is 0 Å². The van der Waals surface area contributed by atoms with Gasteiger partial charge in [-0.3, -0.25) is 0 Å². The first-order valence-electron chi connectivity index (χ1n) is 14.3. The van der Waals surface area contributed by atoms with Gasteiger partial charge < -0.3 is 5.73 Å². The van der Waals surface area contributed by atoms with Crippen molar-refractivity contribution in [2.75, 3.05) is 0 Å². The Bertz CT molecular complexity index is 384. The highest BCUT2D eigenvalue weighted by molar-refractivity contribution is 4.92. The number of rotatable bonds is 24. The van der Waals surface area contributed by atoms with Crippen LogP contribution in [0.25, 0.3) is 0 Å². The number of unbranched alkanes of at least 4 members (excludes halogenated alkanes) is 15. The molecular formula is C30H59N. The molecule has 0 aliphatic rings. The molecule has 0 aliphatic heterocycles. The minimum Gasteiger partial charge on any atom is -0.327 e. The third-order valence-corrected chi connectivity index (χ3v) is 6.73. The topological polar surface area (TPSA) is 26.0 Å². The summed E-state index contributed by atoms with van der Waals surface area (Å²) in [6.45, 7) is 6.92. The zero-order valence-electron chi connectivity index (χ0n) is 21.9. The van der Waals surface area contributed by atoms with Crippen molar-refractivity contribution in [3.8, 4) is 0 Å². The van der Waals surface area contributed by atoms with Crippen molar-refractivity contribution in [3.63, 3.8) is 0 Å². The molecule has 0 bridgehead atoms. The molecule has 2 N–H and O–H groups in total. The maximum atomic E-state index is 6.42. The average Bonchev–Trinajstić information content (AvgIpc) is 2.77. The van der Waals surface area contributed by atoms with E-state index < -0.39 is 0 Å². The Morgan fingerprint density at radius 1 is 0.516 bits per heavy atom. The summed E-state index contributed by atoms with van der Waals surface area (Å²) in [5, 5.41) is 0. The van der Waals surface area contributed by atoms with E-state index in [2.05, 4.69) is 45.1 Å². The summed E-state index contributed by atoms with van der Waals surface area (Å²) >= 11 is 0. The molecule has 0 spiro atoms. The van der Waals surface area contributed by atoms with Gasteiger partial charge in [-0.15, -0.1) is 0 Å². The highest BCUT2D eigenvalue weighted by atomic mass is 14.6. The Morgan fingerprint density at radius 3 is 1.52 bits per heavy atom. The Hall–Kier alpha value is -0.560. The van der Waals surface area contributed by atoms with Crippen LogP contribution in [0.15, 0.2) is 24.3 Å². The van der Waals surface area contributed by atoms with Crippen molar-refractivity contribution in [1.82, 2.24) is 0 Å². The van der Waals surface area contributed by atoms with Gasteiger partial charge in [-0.2, -0.15) is 0 Å². The van der Waals surface area contributed by atoms with Crippen molar-refractivity contribution in [2.45, 2.75) is 162 Å². The van der Waals surface area contributed by atoms with Crippen molar-refractivity contribution < 1.29 is 0 Å². The minimum absolute atomic E-state index is 0.427. The summed E-state index contributed by atoms with van der Waals surface area (Å²) < 4.78 is 0. The standard InChI is InChI=1S/C30H59N/c1-4-6-8-10-11-12-13-14-15-16-17-18-19-20-21-22-24-26-28-30(31)29(3)27-25-23-9-7-5-2/h11-12,14-15,29-30H,4-10,13,16-28,31H2,1-3H3. The fourth-order valence-corrected chi connectivity index (χ4v) is 4.29. The van der Waals surface area contributed by atoms with Crippen LogP contribution < -0.4 is 5.73 Å². The summed E-state index contributed by atoms with van der Waals surface area (Å²) in [4.78, 5) is 0. The third-order valence-electron chi connectivity index (χ3n) is 6.73. The van der Waals surface area contributed by atoms with Crippen molar-refractivity contribution in [2.24, 2.45) is 11.7 Å². The molecule has 0 saturated heterocycles. The summed E-state index contributed by atoms with van der Waals surface area (Å²) in [6.07, 6.45) is 37.7. The molecule has 0 aromatic rings. The van der Waals surface area contributed by atoms with Crippen molar-refractivity contribution in [3.05, 3.63) is 24.3 Å². The molecule has 0 saturated carbocycles. The van der Waals surface area contributed by atoms with Gasteiger partial charge in [-0.1, -0.05) is 135 Å². The van der Waals surface area contributed by atoms with Crippen LogP contribution in [0, 0.1) is 5.92 Å². The second kappa shape index (κ2) is 25.7. The van der Waals surface area contributed by atoms with E-state index in [0.29, 0.717) is 12.0 Å². The quantitative estimate of drug-likeness (QED) is 0.119. The Balaban J connectivity index is 3.32. The summed E-state index contributed by atoms with van der Waals surface area (Å²) in [5.41, 5.74) is 6.42. The van der Waals surface area contributed by atoms with Gasteiger partial charge in [0.15, 0.2) is 0 Å². The van der Waals surface area contributed by atoms with Crippen LogP contribution in [0.1, 0.15) is 156 Å². The van der Waals surface area contributed by atoms with E-state index >= 15 is 0 Å². The summed E-state index contributed by atoms with van der Waals surface area (Å²) in [6, 6.07) is 0.427. The SMILES string of the molecule is CCCCCC=CCC=CCCCCCCCCCCC(N)C(C)CCCCCCC. The zero-order valence-corrected chi connectivity index (χ0v) is 21.9. The molecule has 0 radical (unpaired) electrons. The fourth-order valence-electron chi connectivity index (χ4n) is 4.29. The fraction of sp³-hybridized carbons (Fsp3) is 0.867. The highest BCUT2D eigenvalue weighted by Crippen LogP contribution is 2.18. The van der Waals surface area contributed by atoms with Crippen LogP contribution in [0.3, 0.4) is 0 Å². The minimum atomic E-state index is 0.427. The molecular weight excluding hydrogens is 374 g/mol. The number of nitrogens with two attached hydrogens (primary N) is 1. The molecule has 2 unspecified atom stereocenters.